The minimum atomic E-state index is -0.845. The third kappa shape index (κ3) is 4.15. The summed E-state index contributed by atoms with van der Waals surface area (Å²) >= 11 is 6.87. The van der Waals surface area contributed by atoms with Crippen LogP contribution >= 0.6 is 11.6 Å². The van der Waals surface area contributed by atoms with Crippen molar-refractivity contribution in [1.82, 2.24) is 9.97 Å². The van der Waals surface area contributed by atoms with Gasteiger partial charge in [-0.05, 0) is 30.7 Å². The number of nitrogens with zero attached hydrogens (tertiary/aromatic N) is 3. The smallest absolute Gasteiger partial charge is 0.224 e. The van der Waals surface area contributed by atoms with Crippen molar-refractivity contribution >= 4 is 29.2 Å². The van der Waals surface area contributed by atoms with Crippen LogP contribution in [0.3, 0.4) is 0 Å². The molecule has 0 bridgehead atoms. The maximum absolute atomic E-state index is 13.3. The van der Waals surface area contributed by atoms with Gasteiger partial charge < -0.3 is 9.64 Å². The molecule has 0 N–H and O–H groups in total. The van der Waals surface area contributed by atoms with E-state index < -0.39 is 11.6 Å². The summed E-state index contributed by atoms with van der Waals surface area (Å²) in [5.74, 6) is -0.383. The van der Waals surface area contributed by atoms with Crippen molar-refractivity contribution in [2.24, 2.45) is 0 Å². The Balaban J connectivity index is 1.74. The van der Waals surface area contributed by atoms with Crippen molar-refractivity contribution < 1.29 is 13.5 Å². The Hall–Kier alpha value is -1.44. The van der Waals surface area contributed by atoms with E-state index in [0.29, 0.717) is 23.9 Å². The van der Waals surface area contributed by atoms with Gasteiger partial charge in [-0.25, -0.2) is 18.7 Å². The molecule has 3 rings (SSSR count). The average Bonchev–Trinajstić information content (AvgIpc) is 2.56. The fraction of sp³-hybridized carbons (Fsp3) is 0.375. The van der Waals surface area contributed by atoms with E-state index in [1.54, 1.807) is 6.07 Å². The molecule has 1 atom stereocenters. The molecule has 24 heavy (non-hydrogen) atoms. The molecule has 0 amide bonds. The van der Waals surface area contributed by atoms with E-state index in [1.165, 1.54) is 6.07 Å². The van der Waals surface area contributed by atoms with Crippen molar-refractivity contribution in [2.75, 3.05) is 24.7 Å². The number of aromatic nitrogens is 2. The normalized spacial score (nSPS) is 18.0. The number of hydrogen-bond donors (Lipinski definition) is 0. The third-order valence-electron chi connectivity index (χ3n) is 3.73. The van der Waals surface area contributed by atoms with Gasteiger partial charge in [0.25, 0.3) is 0 Å². The Morgan fingerprint density at radius 3 is 2.88 bits per heavy atom. The molecule has 1 aliphatic rings. The van der Waals surface area contributed by atoms with Crippen molar-refractivity contribution in [3.8, 4) is 0 Å². The molecule has 128 valence electrons. The van der Waals surface area contributed by atoms with Crippen LogP contribution in [0.15, 0.2) is 29.2 Å². The Morgan fingerprint density at radius 1 is 1.29 bits per heavy atom. The fourth-order valence-corrected chi connectivity index (χ4v) is 3.59. The summed E-state index contributed by atoms with van der Waals surface area (Å²) in [6, 6.07) is 5.99. The quantitative estimate of drug-likeness (QED) is 0.470. The van der Waals surface area contributed by atoms with Gasteiger partial charge in [-0.3, -0.25) is 0 Å². The van der Waals surface area contributed by atoms with Gasteiger partial charge in [-0.1, -0.05) is 0 Å². The molecule has 0 radical (unpaired) electrons. The first kappa shape index (κ1) is 17.4. The topological polar surface area (TPSA) is 38.2 Å². The average molecular weight is 373 g/mol. The molecule has 2 heterocycles. The first-order valence-corrected chi connectivity index (χ1v) is 8.99. The lowest BCUT2D eigenvalue weighted by Crippen LogP contribution is -2.44. The van der Waals surface area contributed by atoms with Crippen molar-refractivity contribution in [3.63, 3.8) is 0 Å². The fourth-order valence-electron chi connectivity index (χ4n) is 2.50. The van der Waals surface area contributed by atoms with Gasteiger partial charge in [0.05, 0.1) is 24.9 Å². The Labute approximate surface area is 148 Å². The first-order valence-electron chi connectivity index (χ1n) is 7.53. The standard InChI is InChI=1S/C16H16ClF2N3OS/c1-10-8-23-5-4-22(10)15-6-11(20-16(17)21-15)9-24-12-2-3-13(18)14(19)7-12/h2-3,6-7,10H,4-5,8-9H2,1H3/p+1/t10-/m0/s1. The van der Waals surface area contributed by atoms with E-state index in [0.717, 1.165) is 35.9 Å². The van der Waals surface area contributed by atoms with Crippen LogP contribution in [0.5, 0.6) is 0 Å². The summed E-state index contributed by atoms with van der Waals surface area (Å²) in [6.45, 7) is 4.10. The summed E-state index contributed by atoms with van der Waals surface area (Å²) in [5, 5.41) is 0.182. The largest absolute Gasteiger partial charge is 0.377 e. The van der Waals surface area contributed by atoms with Gasteiger partial charge >= 0.3 is 0 Å². The Bertz CT molecular complexity index is 734. The van der Waals surface area contributed by atoms with Crippen LogP contribution in [-0.4, -0.2) is 35.8 Å². The van der Waals surface area contributed by atoms with Crippen LogP contribution in [0.25, 0.3) is 0 Å². The molecule has 2 aromatic rings. The van der Waals surface area contributed by atoms with E-state index in [1.807, 2.05) is 6.07 Å². The summed E-state index contributed by atoms with van der Waals surface area (Å²) in [7, 11) is 0. The Morgan fingerprint density at radius 2 is 2.12 bits per heavy atom. The highest BCUT2D eigenvalue weighted by molar-refractivity contribution is 7.77. The molecule has 4 nitrogen and oxygen atoms in total. The van der Waals surface area contributed by atoms with Gasteiger partial charge in [0.2, 0.25) is 5.28 Å². The van der Waals surface area contributed by atoms with Crippen molar-refractivity contribution in [2.45, 2.75) is 23.6 Å². The number of benzene rings is 1. The molecule has 1 saturated heterocycles. The molecule has 0 spiro atoms. The molecular formula is C16H17ClF2N3OS+. The number of halogens is 3. The zero-order chi connectivity index (χ0) is 17.1. The Kier molecular flexibility index (Phi) is 5.53. The molecule has 0 unspecified atom stereocenters. The number of ether oxygens (including phenoxy) is 1. The van der Waals surface area contributed by atoms with Gasteiger partial charge in [-0.15, -0.1) is 0 Å². The molecule has 1 fully saturated rings. The van der Waals surface area contributed by atoms with Gasteiger partial charge in [0.15, 0.2) is 22.3 Å². The van der Waals surface area contributed by atoms with Gasteiger partial charge in [-0.2, -0.15) is 0 Å². The summed E-state index contributed by atoms with van der Waals surface area (Å²) in [5.41, 5.74) is 0.759. The summed E-state index contributed by atoms with van der Waals surface area (Å²) in [6.07, 6.45) is 0. The van der Waals surface area contributed by atoms with Crippen LogP contribution in [0.2, 0.25) is 5.28 Å². The highest BCUT2D eigenvalue weighted by atomic mass is 35.5. The molecule has 1 aliphatic heterocycles. The first-order chi connectivity index (χ1) is 11.5. The lowest BCUT2D eigenvalue weighted by molar-refractivity contribution is 0.0985. The lowest BCUT2D eigenvalue weighted by atomic mass is 10.2. The molecule has 1 aromatic carbocycles. The summed E-state index contributed by atoms with van der Waals surface area (Å²) in [4.78, 5) is 11.4. The van der Waals surface area contributed by atoms with E-state index in [4.69, 9.17) is 16.3 Å². The van der Waals surface area contributed by atoms with Crippen molar-refractivity contribution in [1.29, 1.82) is 0 Å². The van der Waals surface area contributed by atoms with E-state index in [2.05, 4.69) is 21.8 Å². The van der Waals surface area contributed by atoms with Crippen LogP contribution in [-0.2, 0) is 22.3 Å². The molecule has 1 aromatic heterocycles. The molecule has 0 aliphatic carbocycles. The van der Waals surface area contributed by atoms with Crippen LogP contribution in [0.4, 0.5) is 14.6 Å². The van der Waals surface area contributed by atoms with E-state index in [9.17, 15) is 8.78 Å². The third-order valence-corrected chi connectivity index (χ3v) is 5.02. The zero-order valence-corrected chi connectivity index (χ0v) is 14.7. The second-order valence-electron chi connectivity index (χ2n) is 5.52. The summed E-state index contributed by atoms with van der Waals surface area (Å²) < 4.78 is 31.7. The maximum atomic E-state index is 13.3. The van der Waals surface area contributed by atoms with E-state index in [-0.39, 0.29) is 11.3 Å². The number of thiol groups is 1. The number of rotatable bonds is 4. The monoisotopic (exact) mass is 372 g/mol. The van der Waals surface area contributed by atoms with Crippen LogP contribution in [0.1, 0.15) is 12.6 Å². The lowest BCUT2D eigenvalue weighted by Gasteiger charge is -2.34. The molecule has 0 saturated carbocycles. The highest BCUT2D eigenvalue weighted by Crippen LogP contribution is 2.21. The minimum Gasteiger partial charge on any atom is -0.377 e. The predicted molar refractivity (Wildman–Crippen MR) is 91.8 cm³/mol. The van der Waals surface area contributed by atoms with Gasteiger partial charge in [0.1, 0.15) is 5.82 Å². The minimum absolute atomic E-state index is 0.182. The molecule has 8 heteroatoms. The van der Waals surface area contributed by atoms with Crippen LogP contribution in [0, 0.1) is 11.6 Å². The molecular weight excluding hydrogens is 356 g/mol. The second-order valence-corrected chi connectivity index (χ2v) is 7.01. The number of morpholine rings is 1. The maximum Gasteiger partial charge on any atom is 0.224 e. The number of hydrogen-bond acceptors (Lipinski definition) is 4. The second kappa shape index (κ2) is 7.63. The zero-order valence-electron chi connectivity index (χ0n) is 13.0. The van der Waals surface area contributed by atoms with E-state index >= 15 is 0 Å². The SMILES string of the molecule is C[C@H]1COCCN1c1cc(C[SH+]c2ccc(F)c(F)c2)nc(Cl)n1. The van der Waals surface area contributed by atoms with Crippen LogP contribution < -0.4 is 4.90 Å². The predicted octanol–water partition coefficient (Wildman–Crippen LogP) is 3.01. The highest BCUT2D eigenvalue weighted by Gasteiger charge is 2.22. The number of anilines is 1. The van der Waals surface area contributed by atoms with Gasteiger partial charge in [0, 0.05) is 30.4 Å². The van der Waals surface area contributed by atoms with Crippen molar-refractivity contribution in [3.05, 3.63) is 46.9 Å².